The number of nitrogens with zero attached hydrogens (tertiary/aromatic N) is 3. The highest BCUT2D eigenvalue weighted by molar-refractivity contribution is 5.93. The van der Waals surface area contributed by atoms with E-state index in [9.17, 15) is 19.5 Å². The van der Waals surface area contributed by atoms with E-state index in [0.717, 1.165) is 22.0 Å². The number of fused-ring (bicyclic) bond motifs is 1. The fourth-order valence-electron chi connectivity index (χ4n) is 6.61. The van der Waals surface area contributed by atoms with Crippen LogP contribution in [-0.4, -0.2) is 97.3 Å². The van der Waals surface area contributed by atoms with Crippen molar-refractivity contribution in [2.24, 2.45) is 0 Å². The van der Waals surface area contributed by atoms with Crippen molar-refractivity contribution < 1.29 is 29.0 Å². The van der Waals surface area contributed by atoms with Gasteiger partial charge in [0.2, 0.25) is 11.8 Å². The van der Waals surface area contributed by atoms with E-state index in [1.165, 1.54) is 10.5 Å². The lowest BCUT2D eigenvalue weighted by atomic mass is 10.00. The Morgan fingerprint density at radius 2 is 1.56 bits per heavy atom. The lowest BCUT2D eigenvalue weighted by Crippen LogP contribution is -2.58. The Morgan fingerprint density at radius 3 is 2.29 bits per heavy atom. The minimum Gasteiger partial charge on any atom is -0.497 e. The number of hydrogen-bond acceptors (Lipinski definition) is 7. The number of aliphatic hydroxyl groups is 1. The summed E-state index contributed by atoms with van der Waals surface area (Å²) in [5.41, 5.74) is 3.26. The molecule has 6 rings (SSSR count). The standard InChI is InChI=1S/C38H42N4O6/c1-26-7-3-6-10-34(26)40-17-19-41(20-18-40)38(46)33(22-27-11-12-28-8-4-5-9-29(28)21-27)39-37(45)35-23-30(43)24-42(35)36(44)25-48-32-15-13-31(47-2)14-16-32/h3-16,21,30,33,35,43H,17-20,22-25H2,1-2H3,(H,39,45)/t30-,33?,35?/m1/s1. The molecule has 3 atom stereocenters. The van der Waals surface area contributed by atoms with E-state index in [4.69, 9.17) is 9.47 Å². The Hall–Kier alpha value is -5.09. The highest BCUT2D eigenvalue weighted by atomic mass is 16.5. The largest absolute Gasteiger partial charge is 0.497 e. The van der Waals surface area contributed by atoms with Crippen molar-refractivity contribution >= 4 is 34.2 Å². The number of aliphatic hydroxyl groups excluding tert-OH is 1. The number of carbonyl (C=O) groups excluding carboxylic acids is 3. The molecule has 2 unspecified atom stereocenters. The van der Waals surface area contributed by atoms with E-state index in [0.29, 0.717) is 37.7 Å². The van der Waals surface area contributed by atoms with Crippen molar-refractivity contribution in [3.63, 3.8) is 0 Å². The first-order chi connectivity index (χ1) is 23.3. The van der Waals surface area contributed by atoms with Crippen molar-refractivity contribution in [1.29, 1.82) is 0 Å². The van der Waals surface area contributed by atoms with Gasteiger partial charge in [-0.3, -0.25) is 14.4 Å². The van der Waals surface area contributed by atoms with Crippen LogP contribution in [0.15, 0.2) is 91.0 Å². The minimum atomic E-state index is -0.934. The van der Waals surface area contributed by atoms with Gasteiger partial charge in [-0.1, -0.05) is 60.7 Å². The molecule has 10 heteroatoms. The van der Waals surface area contributed by atoms with E-state index in [1.54, 1.807) is 31.4 Å². The number of methoxy groups -OCH3 is 1. The molecule has 0 spiro atoms. The number of amides is 3. The highest BCUT2D eigenvalue weighted by Gasteiger charge is 2.41. The average Bonchev–Trinajstić information content (AvgIpc) is 3.52. The molecule has 2 fully saturated rings. The van der Waals surface area contributed by atoms with Crippen molar-refractivity contribution in [2.45, 2.75) is 38.0 Å². The molecule has 0 aliphatic carbocycles. The van der Waals surface area contributed by atoms with Crippen LogP contribution in [0.1, 0.15) is 17.5 Å². The second-order valence-electron chi connectivity index (χ2n) is 12.5. The van der Waals surface area contributed by atoms with Gasteiger partial charge < -0.3 is 34.6 Å². The fourth-order valence-corrected chi connectivity index (χ4v) is 6.61. The van der Waals surface area contributed by atoms with Gasteiger partial charge in [0.1, 0.15) is 23.6 Å². The molecule has 0 bridgehead atoms. The SMILES string of the molecule is COc1ccc(OCC(=O)N2C[C@H](O)CC2C(=O)NC(Cc2ccc3ccccc3c2)C(=O)N2CCN(c3ccccc3C)CC2)cc1. The van der Waals surface area contributed by atoms with E-state index in [1.807, 2.05) is 59.5 Å². The summed E-state index contributed by atoms with van der Waals surface area (Å²) in [6, 6.07) is 27.3. The van der Waals surface area contributed by atoms with Gasteiger partial charge in [0.15, 0.2) is 6.61 Å². The summed E-state index contributed by atoms with van der Waals surface area (Å²) in [6.07, 6.45) is -0.501. The maximum atomic E-state index is 14.1. The lowest BCUT2D eigenvalue weighted by Gasteiger charge is -2.38. The number of ether oxygens (including phenoxy) is 2. The summed E-state index contributed by atoms with van der Waals surface area (Å²) in [5, 5.41) is 15.7. The van der Waals surface area contributed by atoms with Crippen LogP contribution in [-0.2, 0) is 20.8 Å². The molecule has 0 aromatic heterocycles. The molecule has 2 saturated heterocycles. The van der Waals surface area contributed by atoms with Crippen LogP contribution in [0.4, 0.5) is 5.69 Å². The summed E-state index contributed by atoms with van der Waals surface area (Å²) in [6.45, 7) is 4.19. The van der Waals surface area contributed by atoms with Crippen LogP contribution in [0.5, 0.6) is 11.5 Å². The summed E-state index contributed by atoms with van der Waals surface area (Å²) in [5.74, 6) is 0.0805. The summed E-state index contributed by atoms with van der Waals surface area (Å²) in [7, 11) is 1.57. The molecule has 10 nitrogen and oxygen atoms in total. The average molecular weight is 651 g/mol. The number of benzene rings is 4. The highest BCUT2D eigenvalue weighted by Crippen LogP contribution is 2.24. The van der Waals surface area contributed by atoms with Gasteiger partial charge in [-0.15, -0.1) is 0 Å². The van der Waals surface area contributed by atoms with E-state index in [2.05, 4.69) is 29.3 Å². The van der Waals surface area contributed by atoms with Gasteiger partial charge in [0, 0.05) is 51.3 Å². The monoisotopic (exact) mass is 650 g/mol. The second kappa shape index (κ2) is 14.8. The molecule has 3 amide bonds. The summed E-state index contributed by atoms with van der Waals surface area (Å²) in [4.78, 5) is 46.7. The lowest BCUT2D eigenvalue weighted by molar-refractivity contribution is -0.142. The van der Waals surface area contributed by atoms with E-state index in [-0.39, 0.29) is 31.9 Å². The minimum absolute atomic E-state index is 0.00699. The number of nitrogens with one attached hydrogen (secondary N) is 1. The van der Waals surface area contributed by atoms with Crippen LogP contribution < -0.4 is 19.7 Å². The molecule has 4 aromatic rings. The quantitative estimate of drug-likeness (QED) is 0.270. The Labute approximate surface area is 280 Å². The first kappa shape index (κ1) is 32.8. The Kier molecular flexibility index (Phi) is 10.1. The third kappa shape index (κ3) is 7.55. The van der Waals surface area contributed by atoms with Crippen molar-refractivity contribution in [3.8, 4) is 11.5 Å². The predicted molar refractivity (Wildman–Crippen MR) is 184 cm³/mol. The van der Waals surface area contributed by atoms with Crippen LogP contribution in [0, 0.1) is 6.92 Å². The van der Waals surface area contributed by atoms with Crippen LogP contribution >= 0.6 is 0 Å². The molecule has 2 heterocycles. The Bertz CT molecular complexity index is 1750. The molecule has 2 aliphatic heterocycles. The zero-order valence-corrected chi connectivity index (χ0v) is 27.4. The van der Waals surface area contributed by atoms with Crippen molar-refractivity contribution in [1.82, 2.24) is 15.1 Å². The van der Waals surface area contributed by atoms with Crippen LogP contribution in [0.25, 0.3) is 10.8 Å². The van der Waals surface area contributed by atoms with Crippen LogP contribution in [0.2, 0.25) is 0 Å². The normalized spacial score (nSPS) is 18.4. The molecule has 2 aliphatic rings. The van der Waals surface area contributed by atoms with Gasteiger partial charge in [0.05, 0.1) is 13.2 Å². The smallest absolute Gasteiger partial charge is 0.261 e. The van der Waals surface area contributed by atoms with Crippen molar-refractivity contribution in [2.75, 3.05) is 51.3 Å². The number of carbonyl (C=O) groups is 3. The number of rotatable bonds is 10. The Balaban J connectivity index is 1.16. The fraction of sp³-hybridized carbons (Fsp3) is 0.342. The predicted octanol–water partition coefficient (Wildman–Crippen LogP) is 3.57. The zero-order chi connectivity index (χ0) is 33.6. The third-order valence-electron chi connectivity index (χ3n) is 9.24. The first-order valence-electron chi connectivity index (χ1n) is 16.4. The molecular weight excluding hydrogens is 608 g/mol. The summed E-state index contributed by atoms with van der Waals surface area (Å²) < 4.78 is 10.8. The zero-order valence-electron chi connectivity index (χ0n) is 27.4. The molecule has 0 radical (unpaired) electrons. The number of hydrogen-bond donors (Lipinski definition) is 2. The maximum Gasteiger partial charge on any atom is 0.261 e. The number of para-hydroxylation sites is 1. The molecule has 4 aromatic carbocycles. The number of β-amino-alcohol motifs (C(OH)–C–C–N with tert-alkyl or cyclic N) is 1. The van der Waals surface area contributed by atoms with Gasteiger partial charge >= 0.3 is 0 Å². The van der Waals surface area contributed by atoms with Gasteiger partial charge in [-0.2, -0.15) is 0 Å². The van der Waals surface area contributed by atoms with E-state index >= 15 is 0 Å². The van der Waals surface area contributed by atoms with E-state index < -0.39 is 30.0 Å². The molecule has 48 heavy (non-hydrogen) atoms. The van der Waals surface area contributed by atoms with Crippen molar-refractivity contribution in [3.05, 3.63) is 102 Å². The summed E-state index contributed by atoms with van der Waals surface area (Å²) >= 11 is 0. The number of likely N-dealkylation sites (tertiary alicyclic amines) is 1. The van der Waals surface area contributed by atoms with Gasteiger partial charge in [0.25, 0.3) is 5.91 Å². The topological polar surface area (TPSA) is 112 Å². The molecule has 2 N–H and O–H groups in total. The first-order valence-corrected chi connectivity index (χ1v) is 16.4. The maximum absolute atomic E-state index is 14.1. The van der Waals surface area contributed by atoms with Gasteiger partial charge in [-0.05, 0) is 59.2 Å². The number of anilines is 1. The number of piperazine rings is 1. The Morgan fingerprint density at radius 1 is 0.875 bits per heavy atom. The van der Waals surface area contributed by atoms with Gasteiger partial charge in [-0.25, -0.2) is 0 Å². The molecule has 0 saturated carbocycles. The third-order valence-corrected chi connectivity index (χ3v) is 9.24. The van der Waals surface area contributed by atoms with Crippen LogP contribution in [0.3, 0.4) is 0 Å². The molecular formula is C38H42N4O6. The number of aryl methyl sites for hydroxylation is 1. The molecule has 250 valence electrons. The second-order valence-corrected chi connectivity index (χ2v) is 12.5.